The number of likely N-dealkylation sites (N-methyl/N-ethyl adjacent to an activating group) is 1. The third kappa shape index (κ3) is 4.33. The van der Waals surface area contributed by atoms with E-state index in [4.69, 9.17) is 0 Å². The molecule has 0 aromatic heterocycles. The second-order valence-corrected chi connectivity index (χ2v) is 6.90. The SMILES string of the molecule is C=C(C)CN(C)S(=O)(=O)c1cc(CNCC)cc(F)c1F. The first-order valence-corrected chi connectivity index (χ1v) is 7.93. The van der Waals surface area contributed by atoms with Crippen LogP contribution in [-0.2, 0) is 16.6 Å². The van der Waals surface area contributed by atoms with Gasteiger partial charge in [0.25, 0.3) is 0 Å². The van der Waals surface area contributed by atoms with Gasteiger partial charge in [0.1, 0.15) is 4.90 Å². The molecule has 7 heteroatoms. The van der Waals surface area contributed by atoms with E-state index in [9.17, 15) is 17.2 Å². The van der Waals surface area contributed by atoms with Crippen molar-refractivity contribution in [1.29, 1.82) is 0 Å². The Bertz CT molecular complexity index is 630. The van der Waals surface area contributed by atoms with Crippen LogP contribution in [0.4, 0.5) is 8.78 Å². The summed E-state index contributed by atoms with van der Waals surface area (Å²) in [6, 6.07) is 2.15. The summed E-state index contributed by atoms with van der Waals surface area (Å²) in [5.41, 5.74) is 0.976. The second-order valence-electron chi connectivity index (χ2n) is 4.89. The molecule has 0 saturated carbocycles. The summed E-state index contributed by atoms with van der Waals surface area (Å²) in [6.45, 7) is 8.08. The standard InChI is InChI=1S/C14H20F2N2O2S/c1-5-17-8-11-6-12(15)14(16)13(7-11)21(19,20)18(4)9-10(2)3/h6-7,17H,2,5,8-9H2,1,3-4H3. The van der Waals surface area contributed by atoms with Gasteiger partial charge in [-0.2, -0.15) is 4.31 Å². The van der Waals surface area contributed by atoms with E-state index in [1.165, 1.54) is 7.05 Å². The van der Waals surface area contributed by atoms with Crippen LogP contribution in [0, 0.1) is 11.6 Å². The van der Waals surface area contributed by atoms with E-state index in [0.29, 0.717) is 17.7 Å². The van der Waals surface area contributed by atoms with Gasteiger partial charge in [-0.3, -0.25) is 0 Å². The third-order valence-corrected chi connectivity index (χ3v) is 4.62. The number of nitrogens with zero attached hydrogens (tertiary/aromatic N) is 1. The molecule has 0 amide bonds. The Morgan fingerprint density at radius 3 is 2.52 bits per heavy atom. The normalized spacial score (nSPS) is 11.9. The molecule has 1 rings (SSSR count). The molecule has 1 N–H and O–H groups in total. The Labute approximate surface area is 124 Å². The first-order chi connectivity index (χ1) is 9.70. The fraction of sp³-hybridized carbons (Fsp3) is 0.429. The summed E-state index contributed by atoms with van der Waals surface area (Å²) < 4.78 is 53.1. The molecule has 0 aliphatic rings. The molecule has 0 aliphatic carbocycles. The minimum atomic E-state index is -4.11. The van der Waals surface area contributed by atoms with Gasteiger partial charge < -0.3 is 5.32 Å². The van der Waals surface area contributed by atoms with Crippen LogP contribution < -0.4 is 5.32 Å². The highest BCUT2D eigenvalue weighted by Gasteiger charge is 2.27. The van der Waals surface area contributed by atoms with Crippen molar-refractivity contribution < 1.29 is 17.2 Å². The fourth-order valence-electron chi connectivity index (χ4n) is 1.81. The summed E-state index contributed by atoms with van der Waals surface area (Å²) in [7, 11) is -2.80. The van der Waals surface area contributed by atoms with Crippen LogP contribution in [0.1, 0.15) is 19.4 Å². The molecule has 4 nitrogen and oxygen atoms in total. The maximum absolute atomic E-state index is 13.9. The maximum Gasteiger partial charge on any atom is 0.246 e. The van der Waals surface area contributed by atoms with Crippen molar-refractivity contribution in [2.75, 3.05) is 20.1 Å². The van der Waals surface area contributed by atoms with Gasteiger partial charge in [0.05, 0.1) is 0 Å². The Balaban J connectivity index is 3.27. The first-order valence-electron chi connectivity index (χ1n) is 6.49. The number of nitrogens with one attached hydrogen (secondary N) is 1. The van der Waals surface area contributed by atoms with Crippen molar-refractivity contribution in [2.45, 2.75) is 25.3 Å². The summed E-state index contributed by atoms with van der Waals surface area (Å²) in [4.78, 5) is -0.654. The fourth-order valence-corrected chi connectivity index (χ4v) is 3.16. The van der Waals surface area contributed by atoms with Crippen molar-refractivity contribution in [3.05, 3.63) is 41.5 Å². The van der Waals surface area contributed by atoms with E-state index in [0.717, 1.165) is 16.4 Å². The number of rotatable bonds is 7. The van der Waals surface area contributed by atoms with Gasteiger partial charge in [-0.1, -0.05) is 19.1 Å². The minimum absolute atomic E-state index is 0.0425. The van der Waals surface area contributed by atoms with E-state index in [2.05, 4.69) is 11.9 Å². The van der Waals surface area contributed by atoms with Gasteiger partial charge in [0, 0.05) is 20.1 Å². The topological polar surface area (TPSA) is 49.4 Å². The lowest BCUT2D eigenvalue weighted by Crippen LogP contribution is -2.29. The monoisotopic (exact) mass is 318 g/mol. The molecule has 1 aromatic carbocycles. The Hall–Kier alpha value is -1.31. The van der Waals surface area contributed by atoms with Gasteiger partial charge in [0.2, 0.25) is 10.0 Å². The highest BCUT2D eigenvalue weighted by Crippen LogP contribution is 2.23. The van der Waals surface area contributed by atoms with Crippen molar-refractivity contribution in [2.24, 2.45) is 0 Å². The predicted octanol–water partition coefficient (Wildman–Crippen LogP) is 2.27. The largest absolute Gasteiger partial charge is 0.313 e. The molecule has 1 aromatic rings. The number of hydrogen-bond acceptors (Lipinski definition) is 3. The Morgan fingerprint density at radius 2 is 2.00 bits per heavy atom. The minimum Gasteiger partial charge on any atom is -0.313 e. The first kappa shape index (κ1) is 17.7. The molecule has 0 aliphatic heterocycles. The molecule has 0 bridgehead atoms. The smallest absolute Gasteiger partial charge is 0.246 e. The highest BCUT2D eigenvalue weighted by atomic mass is 32.2. The molecule has 0 atom stereocenters. The van der Waals surface area contributed by atoms with Crippen molar-refractivity contribution in [3.8, 4) is 0 Å². The molecule has 0 radical (unpaired) electrons. The van der Waals surface area contributed by atoms with Crippen LogP contribution in [-0.4, -0.2) is 32.9 Å². The summed E-state index contributed by atoms with van der Waals surface area (Å²) in [5, 5.41) is 2.94. The predicted molar refractivity (Wildman–Crippen MR) is 78.4 cm³/mol. The highest BCUT2D eigenvalue weighted by molar-refractivity contribution is 7.89. The zero-order chi connectivity index (χ0) is 16.2. The van der Waals surface area contributed by atoms with Crippen molar-refractivity contribution in [3.63, 3.8) is 0 Å². The van der Waals surface area contributed by atoms with E-state index in [1.54, 1.807) is 6.92 Å². The molecule has 0 heterocycles. The van der Waals surface area contributed by atoms with E-state index < -0.39 is 26.6 Å². The maximum atomic E-state index is 13.9. The number of sulfonamides is 1. The van der Waals surface area contributed by atoms with Gasteiger partial charge >= 0.3 is 0 Å². The van der Waals surface area contributed by atoms with Crippen LogP contribution in [0.25, 0.3) is 0 Å². The van der Waals surface area contributed by atoms with Crippen LogP contribution in [0.2, 0.25) is 0 Å². The average molecular weight is 318 g/mol. The summed E-state index contributed by atoms with van der Waals surface area (Å²) >= 11 is 0. The van der Waals surface area contributed by atoms with Crippen LogP contribution in [0.15, 0.2) is 29.2 Å². The Morgan fingerprint density at radius 1 is 1.38 bits per heavy atom. The van der Waals surface area contributed by atoms with Gasteiger partial charge in [-0.25, -0.2) is 17.2 Å². The zero-order valence-corrected chi connectivity index (χ0v) is 13.2. The lowest BCUT2D eigenvalue weighted by molar-refractivity contribution is 0.460. The van der Waals surface area contributed by atoms with Crippen LogP contribution >= 0.6 is 0 Å². The van der Waals surface area contributed by atoms with Gasteiger partial charge in [-0.15, -0.1) is 0 Å². The number of hydrogen-bond donors (Lipinski definition) is 1. The zero-order valence-electron chi connectivity index (χ0n) is 12.4. The van der Waals surface area contributed by atoms with E-state index in [1.807, 2.05) is 6.92 Å². The lowest BCUT2D eigenvalue weighted by atomic mass is 10.2. The second kappa shape index (κ2) is 7.11. The molecular formula is C14H20F2N2O2S. The van der Waals surface area contributed by atoms with Gasteiger partial charge in [0.15, 0.2) is 11.6 Å². The quantitative estimate of drug-likeness (QED) is 0.785. The average Bonchev–Trinajstić information content (AvgIpc) is 2.38. The van der Waals surface area contributed by atoms with Crippen molar-refractivity contribution in [1.82, 2.24) is 9.62 Å². The molecule has 0 spiro atoms. The number of halogens is 2. The van der Waals surface area contributed by atoms with Crippen LogP contribution in [0.5, 0.6) is 0 Å². The molecular weight excluding hydrogens is 298 g/mol. The lowest BCUT2D eigenvalue weighted by Gasteiger charge is -2.18. The molecule has 0 fully saturated rings. The molecule has 118 valence electrons. The summed E-state index contributed by atoms with van der Waals surface area (Å²) in [5.74, 6) is -2.53. The van der Waals surface area contributed by atoms with Gasteiger partial charge in [-0.05, 0) is 31.2 Å². The molecule has 0 saturated heterocycles. The van der Waals surface area contributed by atoms with Crippen molar-refractivity contribution >= 4 is 10.0 Å². The Kier molecular flexibility index (Phi) is 6.00. The van der Waals surface area contributed by atoms with E-state index >= 15 is 0 Å². The molecule has 0 unspecified atom stereocenters. The van der Waals surface area contributed by atoms with E-state index in [-0.39, 0.29) is 13.1 Å². The van der Waals surface area contributed by atoms with Crippen LogP contribution in [0.3, 0.4) is 0 Å². The molecule has 21 heavy (non-hydrogen) atoms. The third-order valence-electron chi connectivity index (χ3n) is 2.81. The summed E-state index contributed by atoms with van der Waals surface area (Å²) in [6.07, 6.45) is 0. The number of benzene rings is 1.